The lowest BCUT2D eigenvalue weighted by molar-refractivity contribution is 0.390. The molecule has 0 saturated heterocycles. The maximum Gasteiger partial charge on any atom is 0.277 e. The lowest BCUT2D eigenvalue weighted by Crippen LogP contribution is -1.77. The molecule has 0 fully saturated rings. The zero-order valence-electron chi connectivity index (χ0n) is 10.5. The van der Waals surface area contributed by atoms with E-state index in [0.29, 0.717) is 21.9 Å². The van der Waals surface area contributed by atoms with Crippen LogP contribution in [0.15, 0.2) is 44.5 Å². The van der Waals surface area contributed by atoms with Gasteiger partial charge in [0, 0.05) is 16.7 Å². The fraction of sp³-hybridized carbons (Fsp3) is 0.154. The summed E-state index contributed by atoms with van der Waals surface area (Å²) in [6.45, 7) is 1.88. The van der Waals surface area contributed by atoms with E-state index in [-0.39, 0.29) is 0 Å². The Labute approximate surface area is 124 Å². The minimum absolute atomic E-state index is 0.448. The number of nitrogens with zero attached hydrogens (tertiary/aromatic N) is 3. The number of aryl methyl sites for hydroxylation is 1. The fourth-order valence-electron chi connectivity index (χ4n) is 1.62. The Balaban J connectivity index is 1.70. The summed E-state index contributed by atoms with van der Waals surface area (Å²) in [5.74, 6) is 1.82. The summed E-state index contributed by atoms with van der Waals surface area (Å²) in [6, 6.07) is 9.16. The first-order valence-electron chi connectivity index (χ1n) is 5.85. The third kappa shape index (κ3) is 3.02. The number of hydrogen-bond acceptors (Lipinski definition) is 6. The molecular formula is C13H10ClN3O2S. The number of thioether (sulfide) groups is 1. The quantitative estimate of drug-likeness (QED) is 0.679. The summed E-state index contributed by atoms with van der Waals surface area (Å²) < 4.78 is 10.7. The monoisotopic (exact) mass is 307 g/mol. The van der Waals surface area contributed by atoms with Gasteiger partial charge in [0.05, 0.1) is 11.4 Å². The van der Waals surface area contributed by atoms with Gasteiger partial charge in [-0.25, -0.2) is 0 Å². The van der Waals surface area contributed by atoms with Crippen LogP contribution in [0.2, 0.25) is 5.02 Å². The average Bonchev–Trinajstić information content (AvgIpc) is 3.05. The van der Waals surface area contributed by atoms with Gasteiger partial charge in [0.25, 0.3) is 5.22 Å². The van der Waals surface area contributed by atoms with Crippen LogP contribution in [0.1, 0.15) is 11.5 Å². The highest BCUT2D eigenvalue weighted by molar-refractivity contribution is 7.98. The number of benzene rings is 1. The summed E-state index contributed by atoms with van der Waals surface area (Å²) in [5, 5.41) is 12.9. The van der Waals surface area contributed by atoms with Gasteiger partial charge in [0.2, 0.25) is 5.89 Å². The van der Waals surface area contributed by atoms with E-state index in [1.165, 1.54) is 11.8 Å². The highest BCUT2D eigenvalue weighted by Crippen LogP contribution is 2.27. The van der Waals surface area contributed by atoms with Crippen LogP contribution in [-0.2, 0) is 5.75 Å². The summed E-state index contributed by atoms with van der Waals surface area (Å²) in [4.78, 5) is 0. The summed E-state index contributed by atoms with van der Waals surface area (Å²) >= 11 is 7.33. The molecule has 0 N–H and O–H groups in total. The highest BCUT2D eigenvalue weighted by Gasteiger charge is 2.10. The smallest absolute Gasteiger partial charge is 0.277 e. The van der Waals surface area contributed by atoms with Gasteiger partial charge in [-0.3, -0.25) is 0 Å². The van der Waals surface area contributed by atoms with Crippen molar-refractivity contribution < 1.29 is 8.94 Å². The van der Waals surface area contributed by atoms with Gasteiger partial charge >= 0.3 is 0 Å². The molecule has 7 heteroatoms. The van der Waals surface area contributed by atoms with Crippen molar-refractivity contribution in [2.45, 2.75) is 17.9 Å². The number of halogens is 1. The van der Waals surface area contributed by atoms with Crippen molar-refractivity contribution in [3.05, 3.63) is 46.8 Å². The molecule has 0 atom stereocenters. The number of hydrogen-bond donors (Lipinski definition) is 0. The predicted molar refractivity (Wildman–Crippen MR) is 75.5 cm³/mol. The second-order valence-corrected chi connectivity index (χ2v) is 5.47. The molecule has 2 heterocycles. The lowest BCUT2D eigenvalue weighted by atomic mass is 10.2. The Morgan fingerprint density at radius 3 is 2.90 bits per heavy atom. The molecule has 0 radical (unpaired) electrons. The average molecular weight is 308 g/mol. The second-order valence-electron chi connectivity index (χ2n) is 4.11. The Bertz CT molecular complexity index is 726. The summed E-state index contributed by atoms with van der Waals surface area (Å²) in [5.41, 5.74) is 1.65. The van der Waals surface area contributed by atoms with Crippen molar-refractivity contribution in [3.8, 4) is 11.5 Å². The molecule has 0 unspecified atom stereocenters. The van der Waals surface area contributed by atoms with E-state index in [4.69, 9.17) is 20.5 Å². The van der Waals surface area contributed by atoms with E-state index >= 15 is 0 Å². The van der Waals surface area contributed by atoms with E-state index < -0.39 is 0 Å². The predicted octanol–water partition coefficient (Wildman–Crippen LogP) is 3.98. The minimum Gasteiger partial charge on any atom is -0.411 e. The first-order chi connectivity index (χ1) is 9.70. The third-order valence-electron chi connectivity index (χ3n) is 2.49. The van der Waals surface area contributed by atoms with Crippen LogP contribution in [0.5, 0.6) is 0 Å². The normalized spacial score (nSPS) is 10.9. The van der Waals surface area contributed by atoms with E-state index in [9.17, 15) is 0 Å². The van der Waals surface area contributed by atoms with Crippen LogP contribution in [0.25, 0.3) is 11.5 Å². The largest absolute Gasteiger partial charge is 0.411 e. The van der Waals surface area contributed by atoms with Gasteiger partial charge in [-0.15, -0.1) is 10.2 Å². The van der Waals surface area contributed by atoms with Gasteiger partial charge in [-0.1, -0.05) is 34.6 Å². The van der Waals surface area contributed by atoms with E-state index in [1.54, 1.807) is 12.1 Å². The Morgan fingerprint density at radius 2 is 2.15 bits per heavy atom. The first kappa shape index (κ1) is 13.2. The molecule has 20 heavy (non-hydrogen) atoms. The van der Waals surface area contributed by atoms with E-state index in [2.05, 4.69) is 15.4 Å². The van der Waals surface area contributed by atoms with Crippen molar-refractivity contribution >= 4 is 23.4 Å². The molecule has 1 aromatic carbocycles. The van der Waals surface area contributed by atoms with Crippen LogP contribution in [-0.4, -0.2) is 15.4 Å². The molecule has 102 valence electrons. The van der Waals surface area contributed by atoms with Crippen molar-refractivity contribution in [1.82, 2.24) is 15.4 Å². The van der Waals surface area contributed by atoms with Crippen LogP contribution in [0, 0.1) is 6.92 Å². The van der Waals surface area contributed by atoms with E-state index in [1.807, 2.05) is 25.1 Å². The van der Waals surface area contributed by atoms with Gasteiger partial charge in [0.1, 0.15) is 5.76 Å². The summed E-state index contributed by atoms with van der Waals surface area (Å²) in [6.07, 6.45) is 0. The molecule has 0 spiro atoms. The molecule has 0 aliphatic carbocycles. The number of aromatic nitrogens is 3. The van der Waals surface area contributed by atoms with Crippen LogP contribution < -0.4 is 0 Å². The Morgan fingerprint density at radius 1 is 1.25 bits per heavy atom. The van der Waals surface area contributed by atoms with Crippen molar-refractivity contribution in [3.63, 3.8) is 0 Å². The van der Waals surface area contributed by atoms with E-state index in [0.717, 1.165) is 17.0 Å². The molecule has 0 saturated carbocycles. The SMILES string of the molecule is Cc1cc(CSc2nnc(-c3cccc(Cl)c3)o2)on1. The fourth-order valence-corrected chi connectivity index (χ4v) is 2.45. The molecule has 3 aromatic rings. The lowest BCUT2D eigenvalue weighted by Gasteiger charge is -1.94. The number of rotatable bonds is 4. The maximum atomic E-state index is 5.93. The zero-order valence-corrected chi connectivity index (χ0v) is 12.1. The van der Waals surface area contributed by atoms with Gasteiger partial charge in [-0.05, 0) is 25.1 Å². The molecule has 3 rings (SSSR count). The van der Waals surface area contributed by atoms with Crippen molar-refractivity contribution in [1.29, 1.82) is 0 Å². The molecule has 0 aliphatic rings. The molecule has 0 aliphatic heterocycles. The maximum absolute atomic E-state index is 5.93. The second kappa shape index (κ2) is 5.68. The topological polar surface area (TPSA) is 65.0 Å². The van der Waals surface area contributed by atoms with Crippen molar-refractivity contribution in [2.24, 2.45) is 0 Å². The standard InChI is InChI=1S/C13H10ClN3O2S/c1-8-5-11(19-17-8)7-20-13-16-15-12(18-13)9-3-2-4-10(14)6-9/h2-6H,7H2,1H3. The van der Waals surface area contributed by atoms with Crippen molar-refractivity contribution in [2.75, 3.05) is 0 Å². The van der Waals surface area contributed by atoms with Gasteiger partial charge < -0.3 is 8.94 Å². The highest BCUT2D eigenvalue weighted by atomic mass is 35.5. The molecular weight excluding hydrogens is 298 g/mol. The molecule has 0 bridgehead atoms. The van der Waals surface area contributed by atoms with Gasteiger partial charge in [-0.2, -0.15) is 0 Å². The third-order valence-corrected chi connectivity index (χ3v) is 3.57. The Hall–Kier alpha value is -1.79. The summed E-state index contributed by atoms with van der Waals surface area (Å²) in [7, 11) is 0. The first-order valence-corrected chi connectivity index (χ1v) is 7.21. The minimum atomic E-state index is 0.448. The van der Waals surface area contributed by atoms with Crippen LogP contribution >= 0.6 is 23.4 Å². The Kier molecular flexibility index (Phi) is 3.75. The molecule has 0 amide bonds. The molecule has 2 aromatic heterocycles. The van der Waals surface area contributed by atoms with Gasteiger partial charge in [0.15, 0.2) is 0 Å². The van der Waals surface area contributed by atoms with Crippen LogP contribution in [0.3, 0.4) is 0 Å². The molecule has 5 nitrogen and oxygen atoms in total. The van der Waals surface area contributed by atoms with Crippen LogP contribution in [0.4, 0.5) is 0 Å². The zero-order chi connectivity index (χ0) is 13.9.